The summed E-state index contributed by atoms with van der Waals surface area (Å²) in [7, 11) is 0. The summed E-state index contributed by atoms with van der Waals surface area (Å²) in [5.74, 6) is 0. The van der Waals surface area contributed by atoms with Gasteiger partial charge in [-0.15, -0.1) is 0 Å². The standard InChI is InChI=1S/C24H17BrSe/c25-22-13-7-8-18(16-22)14-15-21-17-26-24(20-11-5-2-6-12-20)23(21)19-9-3-1-4-10-19/h1-17H/b15-14+. The fourth-order valence-corrected chi connectivity index (χ4v) is 5.65. The minimum atomic E-state index is 0.337. The van der Waals surface area contributed by atoms with Gasteiger partial charge in [-0.2, -0.15) is 0 Å². The molecule has 0 saturated heterocycles. The molecule has 0 radical (unpaired) electrons. The van der Waals surface area contributed by atoms with Crippen molar-refractivity contribution in [1.29, 1.82) is 0 Å². The van der Waals surface area contributed by atoms with Crippen molar-refractivity contribution >= 4 is 42.6 Å². The molecule has 2 heteroatoms. The summed E-state index contributed by atoms with van der Waals surface area (Å²) < 4.78 is 2.56. The number of rotatable bonds is 4. The molecule has 3 aromatic carbocycles. The molecule has 0 unspecified atom stereocenters. The summed E-state index contributed by atoms with van der Waals surface area (Å²) >= 11 is 3.89. The van der Waals surface area contributed by atoms with Gasteiger partial charge in [0, 0.05) is 0 Å². The molecule has 0 saturated carbocycles. The van der Waals surface area contributed by atoms with Crippen LogP contribution in [0.15, 0.2) is 94.3 Å². The van der Waals surface area contributed by atoms with Crippen molar-refractivity contribution in [2.75, 3.05) is 0 Å². The molecule has 0 bridgehead atoms. The normalized spacial score (nSPS) is 11.1. The zero-order chi connectivity index (χ0) is 17.8. The second kappa shape index (κ2) is 8.05. The first-order chi connectivity index (χ1) is 12.8. The quantitative estimate of drug-likeness (QED) is 0.285. The number of hydrogen-bond acceptors (Lipinski definition) is 0. The molecule has 0 aliphatic carbocycles. The monoisotopic (exact) mass is 464 g/mol. The van der Waals surface area contributed by atoms with Gasteiger partial charge in [0.2, 0.25) is 0 Å². The third-order valence-corrected chi connectivity index (χ3v) is 6.91. The average Bonchev–Trinajstić information content (AvgIpc) is 3.12. The molecule has 0 amide bonds. The third-order valence-electron chi connectivity index (χ3n) is 4.22. The molecule has 4 aromatic rings. The fourth-order valence-electron chi connectivity index (χ4n) is 2.99. The zero-order valence-electron chi connectivity index (χ0n) is 14.1. The van der Waals surface area contributed by atoms with E-state index in [1.54, 1.807) is 0 Å². The molecule has 0 fully saturated rings. The van der Waals surface area contributed by atoms with E-state index in [9.17, 15) is 0 Å². The van der Waals surface area contributed by atoms with Crippen molar-refractivity contribution in [3.05, 3.63) is 105 Å². The van der Waals surface area contributed by atoms with Gasteiger partial charge in [0.15, 0.2) is 0 Å². The van der Waals surface area contributed by atoms with Crippen molar-refractivity contribution < 1.29 is 0 Å². The topological polar surface area (TPSA) is 0 Å². The molecule has 26 heavy (non-hydrogen) atoms. The van der Waals surface area contributed by atoms with Crippen LogP contribution in [-0.2, 0) is 0 Å². The van der Waals surface area contributed by atoms with Crippen molar-refractivity contribution in [1.82, 2.24) is 0 Å². The van der Waals surface area contributed by atoms with E-state index in [1.807, 2.05) is 0 Å². The van der Waals surface area contributed by atoms with Crippen LogP contribution in [0.25, 0.3) is 33.3 Å². The number of halogens is 1. The first-order valence-corrected chi connectivity index (χ1v) is 11.1. The minimum absolute atomic E-state index is 0.337. The maximum absolute atomic E-state index is 3.55. The van der Waals surface area contributed by atoms with Gasteiger partial charge in [0.1, 0.15) is 0 Å². The van der Waals surface area contributed by atoms with Gasteiger partial charge >= 0.3 is 169 Å². The van der Waals surface area contributed by atoms with Crippen LogP contribution in [0.1, 0.15) is 11.1 Å². The summed E-state index contributed by atoms with van der Waals surface area (Å²) in [4.78, 5) is 2.39. The van der Waals surface area contributed by atoms with Gasteiger partial charge in [-0.25, -0.2) is 0 Å². The first-order valence-electron chi connectivity index (χ1n) is 8.47. The van der Waals surface area contributed by atoms with Gasteiger partial charge < -0.3 is 0 Å². The summed E-state index contributed by atoms with van der Waals surface area (Å²) in [6.07, 6.45) is 4.45. The van der Waals surface area contributed by atoms with E-state index in [1.165, 1.54) is 32.3 Å². The van der Waals surface area contributed by atoms with Crippen molar-refractivity contribution in [2.24, 2.45) is 0 Å². The molecule has 1 heterocycles. The molecule has 126 valence electrons. The Labute approximate surface area is 168 Å². The second-order valence-electron chi connectivity index (χ2n) is 6.02. The van der Waals surface area contributed by atoms with Crippen LogP contribution in [0.2, 0.25) is 0 Å². The molecule has 0 N–H and O–H groups in total. The summed E-state index contributed by atoms with van der Waals surface area (Å²) in [5, 5.41) is 0. The predicted octanol–water partition coefficient (Wildman–Crippen LogP) is 7.01. The molecular formula is C24H17BrSe. The van der Waals surface area contributed by atoms with E-state index in [4.69, 9.17) is 0 Å². The Morgan fingerprint density at radius 3 is 2.08 bits per heavy atom. The van der Waals surface area contributed by atoms with Gasteiger partial charge in [-0.3, -0.25) is 0 Å². The Morgan fingerprint density at radius 2 is 1.38 bits per heavy atom. The molecule has 4 rings (SSSR count). The van der Waals surface area contributed by atoms with E-state index in [0.717, 1.165) is 4.47 Å². The average molecular weight is 464 g/mol. The van der Waals surface area contributed by atoms with Gasteiger partial charge in [0.25, 0.3) is 0 Å². The van der Waals surface area contributed by atoms with Crippen LogP contribution < -0.4 is 0 Å². The zero-order valence-corrected chi connectivity index (χ0v) is 17.4. The Kier molecular flexibility index (Phi) is 5.36. The molecule has 0 atom stereocenters. The van der Waals surface area contributed by atoms with Crippen molar-refractivity contribution in [3.63, 3.8) is 0 Å². The van der Waals surface area contributed by atoms with E-state index in [-0.39, 0.29) is 0 Å². The summed E-state index contributed by atoms with van der Waals surface area (Å²) in [6, 6.07) is 29.9. The fraction of sp³-hybridized carbons (Fsp3) is 0. The Balaban J connectivity index is 1.81. The Hall–Kier alpha value is -2.12. The van der Waals surface area contributed by atoms with E-state index < -0.39 is 0 Å². The molecule has 0 aliphatic heterocycles. The van der Waals surface area contributed by atoms with Crippen LogP contribution in [0.4, 0.5) is 0 Å². The molecule has 1 aromatic heterocycles. The van der Waals surface area contributed by atoms with E-state index in [0.29, 0.717) is 14.5 Å². The van der Waals surface area contributed by atoms with Crippen molar-refractivity contribution in [2.45, 2.75) is 0 Å². The Morgan fingerprint density at radius 1 is 0.692 bits per heavy atom. The van der Waals surface area contributed by atoms with Crippen LogP contribution in [0.5, 0.6) is 0 Å². The Bertz CT molecular complexity index is 1030. The van der Waals surface area contributed by atoms with Gasteiger partial charge in [-0.1, -0.05) is 0 Å². The molecule has 0 nitrogen and oxygen atoms in total. The maximum atomic E-state index is 3.55. The van der Waals surface area contributed by atoms with Crippen molar-refractivity contribution in [3.8, 4) is 21.1 Å². The summed E-state index contributed by atoms with van der Waals surface area (Å²) in [6.45, 7) is 0. The van der Waals surface area contributed by atoms with E-state index in [2.05, 4.69) is 118 Å². The molecular weight excluding hydrogens is 447 g/mol. The van der Waals surface area contributed by atoms with Crippen LogP contribution in [0, 0.1) is 0 Å². The number of hydrogen-bond donors (Lipinski definition) is 0. The third kappa shape index (κ3) is 3.83. The van der Waals surface area contributed by atoms with Crippen LogP contribution in [-0.4, -0.2) is 14.5 Å². The SMILES string of the molecule is Brc1cccc(/C=C/c2c[se]c(-c3ccccc3)c2-c2ccccc2)c1. The first kappa shape index (κ1) is 17.3. The van der Waals surface area contributed by atoms with Gasteiger partial charge in [-0.05, 0) is 0 Å². The summed E-state index contributed by atoms with van der Waals surface area (Å²) in [5.41, 5.74) is 6.50. The predicted molar refractivity (Wildman–Crippen MR) is 117 cm³/mol. The second-order valence-corrected chi connectivity index (χ2v) is 8.78. The number of benzene rings is 3. The van der Waals surface area contributed by atoms with Crippen LogP contribution >= 0.6 is 15.9 Å². The van der Waals surface area contributed by atoms with Crippen LogP contribution in [0.3, 0.4) is 0 Å². The van der Waals surface area contributed by atoms with E-state index >= 15 is 0 Å². The van der Waals surface area contributed by atoms with Gasteiger partial charge in [0.05, 0.1) is 0 Å². The molecule has 0 spiro atoms. The molecule has 0 aliphatic rings.